The Kier molecular flexibility index (Phi) is 7.89. The summed E-state index contributed by atoms with van der Waals surface area (Å²) in [5.74, 6) is 1.47. The fourth-order valence-electron chi connectivity index (χ4n) is 3.28. The third-order valence-electron chi connectivity index (χ3n) is 5.08. The van der Waals surface area contributed by atoms with Gasteiger partial charge in [-0.1, -0.05) is 53.2 Å². The summed E-state index contributed by atoms with van der Waals surface area (Å²) in [4.78, 5) is 12.4. The average Bonchev–Trinajstić information content (AvgIpc) is 3.27. The Morgan fingerprint density at radius 3 is 2.66 bits per heavy atom. The first kappa shape index (κ1) is 24.6. The van der Waals surface area contributed by atoms with Gasteiger partial charge in [0.2, 0.25) is 0 Å². The minimum absolute atomic E-state index is 0.0698. The van der Waals surface area contributed by atoms with E-state index in [0.717, 1.165) is 22.6 Å². The number of anilines is 1. The molecule has 1 aromatic heterocycles. The number of carbonyl (C=O) groups is 1. The highest BCUT2D eigenvalue weighted by Crippen LogP contribution is 2.27. The lowest BCUT2D eigenvalue weighted by molar-refractivity contribution is 0.251. The molecule has 7 nitrogen and oxygen atoms in total. The van der Waals surface area contributed by atoms with Crippen molar-refractivity contribution in [3.63, 3.8) is 0 Å². The van der Waals surface area contributed by atoms with Gasteiger partial charge in [-0.05, 0) is 55.0 Å². The molecule has 0 fully saturated rings. The highest BCUT2D eigenvalue weighted by molar-refractivity contribution is 7.98. The summed E-state index contributed by atoms with van der Waals surface area (Å²) in [5, 5.41) is 14.7. The molecule has 180 valence electrons. The fraction of sp³-hybridized carbons (Fsp3) is 0.160. The van der Waals surface area contributed by atoms with Crippen molar-refractivity contribution in [2.24, 2.45) is 0 Å². The van der Waals surface area contributed by atoms with Gasteiger partial charge in [-0.3, -0.25) is 4.57 Å². The Balaban J connectivity index is 1.51. The third-order valence-corrected chi connectivity index (χ3v) is 6.37. The van der Waals surface area contributed by atoms with Crippen LogP contribution < -0.4 is 15.4 Å². The Morgan fingerprint density at radius 1 is 1.11 bits per heavy atom. The van der Waals surface area contributed by atoms with Crippen molar-refractivity contribution in [1.29, 1.82) is 0 Å². The predicted molar refractivity (Wildman–Crippen MR) is 136 cm³/mol. The second-order valence-electron chi connectivity index (χ2n) is 7.65. The lowest BCUT2D eigenvalue weighted by atomic mass is 10.2. The van der Waals surface area contributed by atoms with E-state index in [4.69, 9.17) is 16.3 Å². The number of aryl methyl sites for hydroxylation is 1. The van der Waals surface area contributed by atoms with E-state index in [2.05, 4.69) is 20.8 Å². The lowest BCUT2D eigenvalue weighted by Crippen LogP contribution is -2.29. The molecule has 4 rings (SSSR count). The number of halogens is 2. The van der Waals surface area contributed by atoms with Crippen molar-refractivity contribution >= 4 is 35.1 Å². The van der Waals surface area contributed by atoms with Crippen molar-refractivity contribution in [1.82, 2.24) is 20.1 Å². The van der Waals surface area contributed by atoms with Crippen LogP contribution in [0.2, 0.25) is 5.02 Å². The largest absolute Gasteiger partial charge is 0.497 e. The second-order valence-corrected chi connectivity index (χ2v) is 9.00. The van der Waals surface area contributed by atoms with Crippen LogP contribution in [0, 0.1) is 12.7 Å². The van der Waals surface area contributed by atoms with E-state index in [9.17, 15) is 9.18 Å². The zero-order valence-corrected chi connectivity index (χ0v) is 20.7. The Bertz CT molecular complexity index is 1330. The maximum atomic E-state index is 13.4. The summed E-state index contributed by atoms with van der Waals surface area (Å²) in [7, 11) is 1.64. The molecule has 0 radical (unpaired) electrons. The van der Waals surface area contributed by atoms with Crippen LogP contribution >= 0.6 is 23.4 Å². The molecule has 4 aromatic rings. The molecule has 10 heteroatoms. The molecular weight excluding hydrogens is 489 g/mol. The second kappa shape index (κ2) is 11.2. The van der Waals surface area contributed by atoms with Crippen LogP contribution in [0.4, 0.5) is 14.9 Å². The van der Waals surface area contributed by atoms with Gasteiger partial charge in [0, 0.05) is 17.1 Å². The van der Waals surface area contributed by atoms with E-state index in [1.807, 2.05) is 60.0 Å². The topological polar surface area (TPSA) is 81.1 Å². The van der Waals surface area contributed by atoms with Crippen LogP contribution in [-0.2, 0) is 12.3 Å². The van der Waals surface area contributed by atoms with Gasteiger partial charge < -0.3 is 15.4 Å². The summed E-state index contributed by atoms with van der Waals surface area (Å²) in [6, 6.07) is 19.3. The summed E-state index contributed by atoms with van der Waals surface area (Å²) in [6.45, 7) is 2.14. The molecule has 2 amide bonds. The molecule has 1 heterocycles. The molecule has 0 bridgehead atoms. The average molecular weight is 512 g/mol. The first-order chi connectivity index (χ1) is 16.9. The van der Waals surface area contributed by atoms with E-state index in [-0.39, 0.29) is 11.6 Å². The monoisotopic (exact) mass is 511 g/mol. The SMILES string of the molecule is COc1cccc(CSc2nnc(CNC(=O)Nc3ccc(F)c(Cl)c3)n2-c2ccc(C)cc2)c1. The highest BCUT2D eigenvalue weighted by atomic mass is 35.5. The molecule has 0 unspecified atom stereocenters. The molecule has 3 aromatic carbocycles. The van der Waals surface area contributed by atoms with E-state index in [1.165, 1.54) is 30.0 Å². The van der Waals surface area contributed by atoms with E-state index >= 15 is 0 Å². The highest BCUT2D eigenvalue weighted by Gasteiger charge is 2.16. The molecule has 0 aliphatic heterocycles. The summed E-state index contributed by atoms with van der Waals surface area (Å²) in [6.07, 6.45) is 0. The quantitative estimate of drug-likeness (QED) is 0.284. The molecule has 0 aliphatic carbocycles. The normalized spacial score (nSPS) is 10.7. The number of aromatic nitrogens is 3. The Labute approximate surface area is 211 Å². The maximum absolute atomic E-state index is 13.4. The molecule has 0 aliphatic rings. The van der Waals surface area contributed by atoms with E-state index in [0.29, 0.717) is 22.4 Å². The van der Waals surface area contributed by atoms with Crippen molar-refractivity contribution in [2.75, 3.05) is 12.4 Å². The predicted octanol–water partition coefficient (Wildman–Crippen LogP) is 5.99. The van der Waals surface area contributed by atoms with Crippen molar-refractivity contribution in [3.05, 3.63) is 94.5 Å². The summed E-state index contributed by atoms with van der Waals surface area (Å²) < 4.78 is 20.6. The van der Waals surface area contributed by atoms with Gasteiger partial charge in [0.1, 0.15) is 11.6 Å². The van der Waals surface area contributed by atoms with Gasteiger partial charge in [-0.15, -0.1) is 10.2 Å². The number of thioether (sulfide) groups is 1. The summed E-state index contributed by atoms with van der Waals surface area (Å²) in [5.41, 5.74) is 3.48. The molecule has 2 N–H and O–H groups in total. The van der Waals surface area contributed by atoms with Crippen LogP contribution in [0.1, 0.15) is 17.0 Å². The van der Waals surface area contributed by atoms with Crippen LogP contribution in [-0.4, -0.2) is 27.9 Å². The van der Waals surface area contributed by atoms with Crippen molar-refractivity contribution in [3.8, 4) is 11.4 Å². The number of ether oxygens (including phenoxy) is 1. The molecular formula is C25H23ClFN5O2S. The molecule has 35 heavy (non-hydrogen) atoms. The molecule has 0 saturated heterocycles. The Morgan fingerprint density at radius 2 is 1.91 bits per heavy atom. The van der Waals surface area contributed by atoms with Gasteiger partial charge in [0.15, 0.2) is 11.0 Å². The number of carbonyl (C=O) groups excluding carboxylic acids is 1. The lowest BCUT2D eigenvalue weighted by Gasteiger charge is -2.12. The number of rotatable bonds is 8. The minimum Gasteiger partial charge on any atom is -0.497 e. The standard InChI is InChI=1S/C25H23ClFN5O2S/c1-16-6-9-19(10-7-16)32-23(14-28-24(33)29-18-8-11-22(27)21(26)13-18)30-31-25(32)35-15-17-4-3-5-20(12-17)34-2/h3-13H,14-15H2,1-2H3,(H2,28,29,33). The number of nitrogens with zero attached hydrogens (tertiary/aromatic N) is 3. The number of benzene rings is 3. The van der Waals surface area contributed by atoms with Gasteiger partial charge in [-0.25, -0.2) is 9.18 Å². The number of nitrogens with one attached hydrogen (secondary N) is 2. The first-order valence-corrected chi connectivity index (χ1v) is 12.1. The molecule has 0 spiro atoms. The van der Waals surface area contributed by atoms with Gasteiger partial charge in [0.25, 0.3) is 0 Å². The van der Waals surface area contributed by atoms with Crippen LogP contribution in [0.3, 0.4) is 0 Å². The fourth-order valence-corrected chi connectivity index (χ4v) is 4.37. The summed E-state index contributed by atoms with van der Waals surface area (Å²) >= 11 is 7.32. The van der Waals surface area contributed by atoms with E-state index in [1.54, 1.807) is 7.11 Å². The van der Waals surface area contributed by atoms with Crippen molar-refractivity contribution < 1.29 is 13.9 Å². The minimum atomic E-state index is -0.553. The number of methoxy groups -OCH3 is 1. The van der Waals surface area contributed by atoms with Gasteiger partial charge in [-0.2, -0.15) is 0 Å². The smallest absolute Gasteiger partial charge is 0.319 e. The Hall–Kier alpha value is -3.56. The number of amides is 2. The molecule has 0 saturated carbocycles. The molecule has 0 atom stereocenters. The van der Waals surface area contributed by atoms with Crippen LogP contribution in [0.15, 0.2) is 71.9 Å². The third kappa shape index (κ3) is 6.32. The first-order valence-electron chi connectivity index (χ1n) is 10.7. The zero-order chi connectivity index (χ0) is 24.8. The maximum Gasteiger partial charge on any atom is 0.319 e. The number of urea groups is 1. The van der Waals surface area contributed by atoms with E-state index < -0.39 is 11.8 Å². The number of hydrogen-bond donors (Lipinski definition) is 2. The van der Waals surface area contributed by atoms with Gasteiger partial charge in [0.05, 0.1) is 18.7 Å². The van der Waals surface area contributed by atoms with Gasteiger partial charge >= 0.3 is 6.03 Å². The zero-order valence-electron chi connectivity index (χ0n) is 19.1. The number of hydrogen-bond acceptors (Lipinski definition) is 5. The van der Waals surface area contributed by atoms with Crippen LogP contribution in [0.5, 0.6) is 5.75 Å². The van der Waals surface area contributed by atoms with Crippen LogP contribution in [0.25, 0.3) is 5.69 Å². The van der Waals surface area contributed by atoms with Crippen molar-refractivity contribution in [2.45, 2.75) is 24.4 Å².